The van der Waals surface area contributed by atoms with Crippen LogP contribution in [0.15, 0.2) is 36.4 Å². The first kappa shape index (κ1) is 21.9. The number of amides is 1. The topological polar surface area (TPSA) is 79.0 Å². The van der Waals surface area contributed by atoms with Crippen LogP contribution < -0.4 is 10.1 Å². The summed E-state index contributed by atoms with van der Waals surface area (Å²) in [6, 6.07) is 7.98. The number of alkyl halides is 2. The van der Waals surface area contributed by atoms with Crippen molar-refractivity contribution in [1.82, 2.24) is 9.21 Å². The van der Waals surface area contributed by atoms with Gasteiger partial charge in [-0.2, -0.15) is 8.78 Å². The molecule has 0 aliphatic carbocycles. The van der Waals surface area contributed by atoms with Crippen molar-refractivity contribution in [2.24, 2.45) is 0 Å². The normalized spacial score (nSPS) is 14.1. The fraction of sp³-hybridized carbons (Fsp3) is 0.316. The maximum atomic E-state index is 13.8. The zero-order chi connectivity index (χ0) is 22.1. The highest BCUT2D eigenvalue weighted by atomic mass is 32.2. The minimum Gasteiger partial charge on any atom is -0.435 e. The monoisotopic (exact) mass is 443 g/mol. The molecule has 3 rings (SSSR count). The molecule has 0 aromatic heterocycles. The first-order valence-electron chi connectivity index (χ1n) is 8.90. The highest BCUT2D eigenvalue weighted by molar-refractivity contribution is 7.89. The number of hydrogen-bond donors (Lipinski definition) is 1. The number of ether oxygens (including phenoxy) is 1. The van der Waals surface area contributed by atoms with Gasteiger partial charge >= 0.3 is 6.61 Å². The first-order valence-corrected chi connectivity index (χ1v) is 10.5. The van der Waals surface area contributed by atoms with Crippen LogP contribution in [0.5, 0.6) is 5.75 Å². The fourth-order valence-electron chi connectivity index (χ4n) is 2.97. The fourth-order valence-corrected chi connectivity index (χ4v) is 3.78. The molecule has 0 spiro atoms. The van der Waals surface area contributed by atoms with Gasteiger partial charge in [-0.1, -0.05) is 6.07 Å². The predicted molar refractivity (Wildman–Crippen MR) is 105 cm³/mol. The van der Waals surface area contributed by atoms with Crippen molar-refractivity contribution in [2.75, 3.05) is 38.4 Å². The Morgan fingerprint density at radius 2 is 1.90 bits per heavy atom. The van der Waals surface area contributed by atoms with Crippen LogP contribution in [0.3, 0.4) is 0 Å². The number of carbonyl (C=O) groups excluding carboxylic acids is 1. The lowest BCUT2D eigenvalue weighted by molar-refractivity contribution is -0.0499. The summed E-state index contributed by atoms with van der Waals surface area (Å²) in [5.41, 5.74) is 1.61. The van der Waals surface area contributed by atoms with Crippen molar-refractivity contribution < 1.29 is 31.1 Å². The van der Waals surface area contributed by atoms with Gasteiger partial charge in [0.15, 0.2) is 0 Å². The van der Waals surface area contributed by atoms with Gasteiger partial charge in [-0.05, 0) is 35.4 Å². The summed E-state index contributed by atoms with van der Waals surface area (Å²) >= 11 is 0. The number of sulfonamides is 1. The molecule has 0 unspecified atom stereocenters. The smallest absolute Gasteiger partial charge is 0.387 e. The third-order valence-electron chi connectivity index (χ3n) is 4.60. The second kappa shape index (κ2) is 8.52. The van der Waals surface area contributed by atoms with E-state index >= 15 is 0 Å². The summed E-state index contributed by atoms with van der Waals surface area (Å²) in [6.45, 7) is -2.96. The number of hydrogen-bond acceptors (Lipinski definition) is 5. The zero-order valence-electron chi connectivity index (χ0n) is 16.2. The molecule has 0 radical (unpaired) electrons. The summed E-state index contributed by atoms with van der Waals surface area (Å²) < 4.78 is 67.9. The highest BCUT2D eigenvalue weighted by Gasteiger charge is 2.26. The zero-order valence-corrected chi connectivity index (χ0v) is 17.0. The molecule has 1 aliphatic heterocycles. The number of nitrogens with zero attached hydrogens (tertiary/aromatic N) is 2. The van der Waals surface area contributed by atoms with Gasteiger partial charge in [0.1, 0.15) is 11.6 Å². The average molecular weight is 443 g/mol. The Morgan fingerprint density at radius 3 is 2.57 bits per heavy atom. The van der Waals surface area contributed by atoms with Gasteiger partial charge in [-0.15, -0.1) is 0 Å². The summed E-state index contributed by atoms with van der Waals surface area (Å²) in [5, 5.41) is 3.03. The standard InChI is InChI=1S/C19H20F3N3O4S/c1-24(2)30(27,28)6-5-25-11-23-17-9-12(3-4-16(17)18(25)26)13-7-14(20)10-15(8-13)29-19(21)22/h3-4,7-10,19,23H,5-6,11H2,1-2H3. The molecule has 162 valence electrons. The van der Waals surface area contributed by atoms with Gasteiger partial charge in [0.2, 0.25) is 10.0 Å². The Bertz CT molecular complexity index is 1060. The first-order chi connectivity index (χ1) is 14.1. The molecule has 0 atom stereocenters. The highest BCUT2D eigenvalue weighted by Crippen LogP contribution is 2.31. The van der Waals surface area contributed by atoms with E-state index in [1.807, 2.05) is 0 Å². The van der Waals surface area contributed by atoms with Crippen LogP contribution in [0, 0.1) is 5.82 Å². The lowest BCUT2D eigenvalue weighted by Crippen LogP contribution is -2.43. The summed E-state index contributed by atoms with van der Waals surface area (Å²) in [5.74, 6) is -1.60. The molecule has 1 heterocycles. The number of rotatable bonds is 7. The van der Waals surface area contributed by atoms with Crippen LogP contribution in [-0.2, 0) is 10.0 Å². The maximum Gasteiger partial charge on any atom is 0.387 e. The van der Waals surface area contributed by atoms with E-state index in [0.29, 0.717) is 22.4 Å². The molecule has 0 fully saturated rings. The molecule has 0 saturated carbocycles. The molecule has 0 saturated heterocycles. The lowest BCUT2D eigenvalue weighted by atomic mass is 10.0. The molecule has 2 aromatic carbocycles. The Labute approximate surface area is 172 Å². The molecule has 30 heavy (non-hydrogen) atoms. The molecular formula is C19H20F3N3O4S. The van der Waals surface area contributed by atoms with Crippen LogP contribution >= 0.6 is 0 Å². The average Bonchev–Trinajstić information content (AvgIpc) is 2.66. The van der Waals surface area contributed by atoms with Gasteiger partial charge in [0, 0.05) is 32.4 Å². The number of carbonyl (C=O) groups is 1. The van der Waals surface area contributed by atoms with Crippen molar-refractivity contribution in [3.8, 4) is 16.9 Å². The van der Waals surface area contributed by atoms with Crippen molar-refractivity contribution in [3.63, 3.8) is 0 Å². The van der Waals surface area contributed by atoms with Crippen LogP contribution in [0.1, 0.15) is 10.4 Å². The van der Waals surface area contributed by atoms with Crippen LogP contribution in [0.2, 0.25) is 0 Å². The minimum absolute atomic E-state index is 0.0196. The van der Waals surface area contributed by atoms with E-state index in [2.05, 4.69) is 10.1 Å². The molecule has 1 aliphatic rings. The van der Waals surface area contributed by atoms with E-state index in [4.69, 9.17) is 0 Å². The van der Waals surface area contributed by atoms with Gasteiger partial charge in [-0.25, -0.2) is 17.1 Å². The van der Waals surface area contributed by atoms with Crippen molar-refractivity contribution in [2.45, 2.75) is 6.61 Å². The molecule has 7 nitrogen and oxygen atoms in total. The van der Waals surface area contributed by atoms with Gasteiger partial charge in [-0.3, -0.25) is 4.79 Å². The molecular weight excluding hydrogens is 423 g/mol. The molecule has 1 amide bonds. The van der Waals surface area contributed by atoms with Crippen LogP contribution in [0.4, 0.5) is 18.9 Å². The lowest BCUT2D eigenvalue weighted by Gasteiger charge is -2.30. The van der Waals surface area contributed by atoms with Crippen molar-refractivity contribution in [1.29, 1.82) is 0 Å². The molecule has 0 bridgehead atoms. The van der Waals surface area contributed by atoms with Gasteiger partial charge < -0.3 is 15.0 Å². The van der Waals surface area contributed by atoms with E-state index in [1.54, 1.807) is 12.1 Å². The van der Waals surface area contributed by atoms with E-state index in [0.717, 1.165) is 10.4 Å². The second-order valence-electron chi connectivity index (χ2n) is 6.82. The Hall–Kier alpha value is -2.79. The number of nitrogens with one attached hydrogen (secondary N) is 1. The largest absolute Gasteiger partial charge is 0.435 e. The Balaban J connectivity index is 1.81. The van der Waals surface area contributed by atoms with Crippen LogP contribution in [0.25, 0.3) is 11.1 Å². The molecule has 1 N–H and O–H groups in total. The van der Waals surface area contributed by atoms with Crippen molar-refractivity contribution >= 4 is 21.6 Å². The van der Waals surface area contributed by atoms with E-state index < -0.39 is 22.5 Å². The number of anilines is 1. The maximum absolute atomic E-state index is 13.8. The third kappa shape index (κ3) is 4.85. The quantitative estimate of drug-likeness (QED) is 0.712. The minimum atomic E-state index is -3.45. The SMILES string of the molecule is CN(C)S(=O)(=O)CCN1CNc2cc(-c3cc(F)cc(OC(F)F)c3)ccc2C1=O. The number of benzene rings is 2. The second-order valence-corrected chi connectivity index (χ2v) is 9.12. The summed E-state index contributed by atoms with van der Waals surface area (Å²) in [4.78, 5) is 14.1. The van der Waals surface area contributed by atoms with E-state index in [1.165, 1.54) is 37.2 Å². The molecule has 11 heteroatoms. The summed E-state index contributed by atoms with van der Waals surface area (Å²) in [6.07, 6.45) is 0. The molecule has 2 aromatic rings. The third-order valence-corrected chi connectivity index (χ3v) is 6.41. The Morgan fingerprint density at radius 1 is 1.17 bits per heavy atom. The number of fused-ring (bicyclic) bond motifs is 1. The van der Waals surface area contributed by atoms with Crippen molar-refractivity contribution in [3.05, 3.63) is 47.8 Å². The van der Waals surface area contributed by atoms with E-state index in [9.17, 15) is 26.4 Å². The predicted octanol–water partition coefficient (Wildman–Crippen LogP) is 2.81. The summed E-state index contributed by atoms with van der Waals surface area (Å²) in [7, 11) is -0.601. The van der Waals surface area contributed by atoms with Gasteiger partial charge in [0.25, 0.3) is 5.91 Å². The van der Waals surface area contributed by atoms with Gasteiger partial charge in [0.05, 0.1) is 18.0 Å². The number of halogens is 3. The van der Waals surface area contributed by atoms with E-state index in [-0.39, 0.29) is 30.6 Å². The van der Waals surface area contributed by atoms with Crippen LogP contribution in [-0.4, -0.2) is 63.2 Å². The Kier molecular flexibility index (Phi) is 6.22.